The van der Waals surface area contributed by atoms with E-state index in [1.807, 2.05) is 17.8 Å². The van der Waals surface area contributed by atoms with Gasteiger partial charge in [0.05, 0.1) is 4.92 Å². The molecule has 0 aromatic heterocycles. The molecule has 0 amide bonds. The minimum Gasteiger partial charge on any atom is -0.376 e. The zero-order valence-corrected chi connectivity index (χ0v) is 11.5. The van der Waals surface area contributed by atoms with E-state index in [0.29, 0.717) is 17.1 Å². The molecule has 0 radical (unpaired) electrons. The molecular weight excluding hydrogens is 248 g/mol. The third-order valence-corrected chi connectivity index (χ3v) is 4.69. The first-order chi connectivity index (χ1) is 8.48. The summed E-state index contributed by atoms with van der Waals surface area (Å²) in [6, 6.07) is 7.16. The van der Waals surface area contributed by atoms with Crippen LogP contribution in [0.5, 0.6) is 0 Å². The molecule has 1 N–H and O–H groups in total. The Balaban J connectivity index is 2.12. The number of hydrogen-bond acceptors (Lipinski definition) is 4. The van der Waals surface area contributed by atoms with Gasteiger partial charge in [-0.15, -0.1) is 0 Å². The smallest absolute Gasteiger partial charge is 0.292 e. The number of hydrogen-bond donors (Lipinski definition) is 1. The number of nitro benzene ring substituents is 1. The lowest BCUT2D eigenvalue weighted by molar-refractivity contribution is -0.384. The van der Waals surface area contributed by atoms with Gasteiger partial charge in [0, 0.05) is 17.9 Å². The maximum Gasteiger partial charge on any atom is 0.292 e. The third kappa shape index (κ3) is 3.16. The van der Waals surface area contributed by atoms with Gasteiger partial charge in [-0.25, -0.2) is 0 Å². The van der Waals surface area contributed by atoms with Crippen LogP contribution in [0.15, 0.2) is 24.3 Å². The molecule has 1 saturated heterocycles. The molecule has 1 heterocycles. The van der Waals surface area contributed by atoms with Crippen molar-refractivity contribution in [2.75, 3.05) is 16.8 Å². The van der Waals surface area contributed by atoms with Crippen LogP contribution in [-0.4, -0.2) is 22.5 Å². The van der Waals surface area contributed by atoms with E-state index < -0.39 is 0 Å². The van der Waals surface area contributed by atoms with E-state index in [9.17, 15) is 10.1 Å². The fourth-order valence-corrected chi connectivity index (χ4v) is 3.60. The molecule has 5 heteroatoms. The Morgan fingerprint density at radius 2 is 2.17 bits per heavy atom. The summed E-state index contributed by atoms with van der Waals surface area (Å²) in [5, 5.41) is 14.3. The summed E-state index contributed by atoms with van der Waals surface area (Å²) < 4.78 is 0. The summed E-state index contributed by atoms with van der Waals surface area (Å²) in [7, 11) is 0. The van der Waals surface area contributed by atoms with Gasteiger partial charge >= 0.3 is 0 Å². The van der Waals surface area contributed by atoms with Crippen molar-refractivity contribution < 1.29 is 4.92 Å². The molecule has 1 aromatic carbocycles. The lowest BCUT2D eigenvalue weighted by atomic mass is 9.87. The first kappa shape index (κ1) is 13.2. The Labute approximate surface area is 111 Å². The van der Waals surface area contributed by atoms with Gasteiger partial charge in [-0.05, 0) is 23.7 Å². The quantitative estimate of drug-likeness (QED) is 0.671. The fourth-order valence-electron chi connectivity index (χ4n) is 2.33. The highest BCUT2D eigenvalue weighted by molar-refractivity contribution is 7.99. The molecule has 0 aliphatic carbocycles. The molecule has 0 bridgehead atoms. The van der Waals surface area contributed by atoms with Crippen molar-refractivity contribution in [3.63, 3.8) is 0 Å². The van der Waals surface area contributed by atoms with Crippen LogP contribution in [0.3, 0.4) is 0 Å². The average Bonchev–Trinajstić information content (AvgIpc) is 2.28. The number of nitro groups is 1. The van der Waals surface area contributed by atoms with Crippen molar-refractivity contribution in [2.24, 2.45) is 5.41 Å². The SMILES string of the molecule is CC1(C)CSCC(Nc2ccccc2[N+](=O)[O-])C1. The van der Waals surface area contributed by atoms with Crippen molar-refractivity contribution >= 4 is 23.1 Å². The van der Waals surface area contributed by atoms with E-state index in [0.717, 1.165) is 17.9 Å². The Morgan fingerprint density at radius 1 is 1.44 bits per heavy atom. The van der Waals surface area contributed by atoms with E-state index in [4.69, 9.17) is 0 Å². The Hall–Kier alpha value is -1.23. The highest BCUT2D eigenvalue weighted by Gasteiger charge is 2.29. The molecule has 1 unspecified atom stereocenters. The summed E-state index contributed by atoms with van der Waals surface area (Å²) in [4.78, 5) is 10.6. The number of anilines is 1. The van der Waals surface area contributed by atoms with Gasteiger partial charge in [-0.1, -0.05) is 26.0 Å². The largest absolute Gasteiger partial charge is 0.376 e. The number of nitrogens with one attached hydrogen (secondary N) is 1. The Kier molecular flexibility index (Phi) is 3.80. The van der Waals surface area contributed by atoms with E-state index in [2.05, 4.69) is 19.2 Å². The molecule has 1 atom stereocenters. The molecular formula is C13H18N2O2S. The molecule has 4 nitrogen and oxygen atoms in total. The second kappa shape index (κ2) is 5.18. The summed E-state index contributed by atoms with van der Waals surface area (Å²) in [6.45, 7) is 4.49. The predicted molar refractivity (Wildman–Crippen MR) is 76.2 cm³/mol. The van der Waals surface area contributed by atoms with Crippen LogP contribution < -0.4 is 5.32 Å². The lowest BCUT2D eigenvalue weighted by Crippen LogP contribution is -2.35. The van der Waals surface area contributed by atoms with Crippen molar-refractivity contribution in [3.8, 4) is 0 Å². The van der Waals surface area contributed by atoms with Gasteiger partial charge < -0.3 is 5.32 Å². The van der Waals surface area contributed by atoms with Crippen LogP contribution in [0.4, 0.5) is 11.4 Å². The lowest BCUT2D eigenvalue weighted by Gasteiger charge is -2.35. The average molecular weight is 266 g/mol. The normalized spacial score (nSPS) is 22.4. The summed E-state index contributed by atoms with van der Waals surface area (Å²) >= 11 is 1.91. The van der Waals surface area contributed by atoms with Crippen molar-refractivity contribution in [3.05, 3.63) is 34.4 Å². The van der Waals surface area contributed by atoms with Crippen LogP contribution in [0.2, 0.25) is 0 Å². The number of rotatable bonds is 3. The van der Waals surface area contributed by atoms with E-state index in [1.54, 1.807) is 18.2 Å². The van der Waals surface area contributed by atoms with Gasteiger partial charge in [0.15, 0.2) is 0 Å². The summed E-state index contributed by atoms with van der Waals surface area (Å²) in [5.41, 5.74) is 1.08. The van der Waals surface area contributed by atoms with Gasteiger partial charge in [0.2, 0.25) is 0 Å². The van der Waals surface area contributed by atoms with Crippen LogP contribution in [-0.2, 0) is 0 Å². The van der Waals surface area contributed by atoms with Crippen LogP contribution >= 0.6 is 11.8 Å². The molecule has 0 spiro atoms. The topological polar surface area (TPSA) is 55.2 Å². The highest BCUT2D eigenvalue weighted by atomic mass is 32.2. The number of benzene rings is 1. The standard InChI is InChI=1S/C13H18N2O2S/c1-13(2)7-10(8-18-9-13)14-11-5-3-4-6-12(11)15(16)17/h3-6,10,14H,7-9H2,1-2H3. The van der Waals surface area contributed by atoms with Gasteiger partial charge in [-0.2, -0.15) is 11.8 Å². The zero-order chi connectivity index (χ0) is 13.2. The second-order valence-corrected chi connectivity index (χ2v) is 6.53. The van der Waals surface area contributed by atoms with E-state index in [1.165, 1.54) is 0 Å². The van der Waals surface area contributed by atoms with Crippen molar-refractivity contribution in [1.82, 2.24) is 0 Å². The maximum atomic E-state index is 11.0. The van der Waals surface area contributed by atoms with Crippen LogP contribution in [0, 0.1) is 15.5 Å². The molecule has 18 heavy (non-hydrogen) atoms. The van der Waals surface area contributed by atoms with Gasteiger partial charge in [0.1, 0.15) is 5.69 Å². The number of nitrogens with zero attached hydrogens (tertiary/aromatic N) is 1. The fraction of sp³-hybridized carbons (Fsp3) is 0.538. The molecule has 98 valence electrons. The van der Waals surface area contributed by atoms with Gasteiger partial charge in [-0.3, -0.25) is 10.1 Å². The minimum atomic E-state index is -0.330. The summed E-state index contributed by atoms with van der Waals surface area (Å²) in [6.07, 6.45) is 1.05. The van der Waals surface area contributed by atoms with E-state index in [-0.39, 0.29) is 10.6 Å². The monoisotopic (exact) mass is 266 g/mol. The second-order valence-electron chi connectivity index (χ2n) is 5.50. The molecule has 1 aliphatic heterocycles. The zero-order valence-electron chi connectivity index (χ0n) is 10.7. The maximum absolute atomic E-state index is 11.0. The minimum absolute atomic E-state index is 0.158. The first-order valence-corrected chi connectivity index (χ1v) is 7.21. The first-order valence-electron chi connectivity index (χ1n) is 6.06. The van der Waals surface area contributed by atoms with Crippen LogP contribution in [0.25, 0.3) is 0 Å². The predicted octanol–water partition coefficient (Wildman–Crippen LogP) is 3.54. The number of para-hydroxylation sites is 2. The number of thioether (sulfide) groups is 1. The van der Waals surface area contributed by atoms with Crippen molar-refractivity contribution in [2.45, 2.75) is 26.3 Å². The molecule has 2 rings (SSSR count). The molecule has 1 fully saturated rings. The van der Waals surface area contributed by atoms with Crippen LogP contribution in [0.1, 0.15) is 20.3 Å². The third-order valence-electron chi connectivity index (χ3n) is 3.07. The molecule has 0 saturated carbocycles. The van der Waals surface area contributed by atoms with Crippen molar-refractivity contribution in [1.29, 1.82) is 0 Å². The summed E-state index contributed by atoms with van der Waals surface area (Å²) in [5.74, 6) is 2.16. The molecule has 1 aromatic rings. The molecule has 1 aliphatic rings. The Morgan fingerprint density at radius 3 is 2.83 bits per heavy atom. The van der Waals surface area contributed by atoms with E-state index >= 15 is 0 Å². The highest BCUT2D eigenvalue weighted by Crippen LogP contribution is 2.35. The van der Waals surface area contributed by atoms with Gasteiger partial charge in [0.25, 0.3) is 5.69 Å². The Bertz CT molecular complexity index is 448.